The van der Waals surface area contributed by atoms with Gasteiger partial charge in [0.15, 0.2) is 5.96 Å². The van der Waals surface area contributed by atoms with Gasteiger partial charge in [-0.3, -0.25) is 4.99 Å². The average molecular weight is 370 g/mol. The number of guanidine groups is 1. The number of nitrogens with zero attached hydrogens (tertiary/aromatic N) is 3. The van der Waals surface area contributed by atoms with E-state index in [0.29, 0.717) is 19.1 Å². The predicted molar refractivity (Wildman–Crippen MR) is 108 cm³/mol. The van der Waals surface area contributed by atoms with E-state index in [1.54, 1.807) is 11.9 Å². The van der Waals surface area contributed by atoms with Gasteiger partial charge in [0.2, 0.25) is 0 Å². The van der Waals surface area contributed by atoms with E-state index in [2.05, 4.69) is 34.4 Å². The summed E-state index contributed by atoms with van der Waals surface area (Å²) in [5.74, 6) is 0.832. The lowest BCUT2D eigenvalue weighted by Crippen LogP contribution is -2.49. The van der Waals surface area contributed by atoms with E-state index in [9.17, 15) is 4.79 Å². The third-order valence-corrected chi connectivity index (χ3v) is 4.22. The number of hydrogen-bond donors (Lipinski definition) is 2. The molecule has 1 rings (SSSR count). The minimum Gasteiger partial charge on any atom is -0.444 e. The summed E-state index contributed by atoms with van der Waals surface area (Å²) in [6.45, 7) is 15.3. The number of likely N-dealkylation sites (N-methyl/N-ethyl adjacent to an activating group) is 1. The Balaban J connectivity index is 2.42. The van der Waals surface area contributed by atoms with Crippen LogP contribution >= 0.6 is 0 Å². The number of amides is 1. The highest BCUT2D eigenvalue weighted by Gasteiger charge is 2.20. The first-order chi connectivity index (χ1) is 12.2. The molecule has 0 aromatic carbocycles. The van der Waals surface area contributed by atoms with E-state index in [-0.39, 0.29) is 6.09 Å². The van der Waals surface area contributed by atoms with Gasteiger partial charge in [0.05, 0.1) is 6.54 Å². The molecular formula is C19H39N5O2. The molecule has 1 amide bonds. The minimum absolute atomic E-state index is 0.311. The molecule has 152 valence electrons. The van der Waals surface area contributed by atoms with Crippen LogP contribution in [0.5, 0.6) is 0 Å². The summed E-state index contributed by atoms with van der Waals surface area (Å²) in [6.07, 6.45) is 3.19. The number of nitrogens with one attached hydrogen (secondary N) is 2. The number of rotatable bonds is 7. The summed E-state index contributed by atoms with van der Waals surface area (Å²) in [7, 11) is 1.74. The Morgan fingerprint density at radius 2 is 1.92 bits per heavy atom. The number of ether oxygens (including phenoxy) is 1. The number of aliphatic imine (C=N–C) groups is 1. The second kappa shape index (κ2) is 11.3. The normalized spacial score (nSPS) is 17.1. The van der Waals surface area contributed by atoms with E-state index in [0.717, 1.165) is 38.4 Å². The molecule has 0 aromatic rings. The number of carbonyl (C=O) groups excluding carboxylic acids is 1. The lowest BCUT2D eigenvalue weighted by atomic mass is 10.1. The number of hydrogen-bond acceptors (Lipinski definition) is 4. The van der Waals surface area contributed by atoms with Crippen LogP contribution in [0.2, 0.25) is 0 Å². The molecule has 1 heterocycles. The Bertz CT molecular complexity index is 440. The Morgan fingerprint density at radius 1 is 1.27 bits per heavy atom. The molecule has 0 radical (unpaired) electrons. The van der Waals surface area contributed by atoms with Crippen molar-refractivity contribution in [1.82, 2.24) is 20.4 Å². The molecule has 2 N–H and O–H groups in total. The molecule has 0 saturated carbocycles. The van der Waals surface area contributed by atoms with Gasteiger partial charge in [-0.1, -0.05) is 6.92 Å². The van der Waals surface area contributed by atoms with Crippen LogP contribution in [0.25, 0.3) is 0 Å². The van der Waals surface area contributed by atoms with Crippen molar-refractivity contribution >= 4 is 12.1 Å². The van der Waals surface area contributed by atoms with Crippen LogP contribution in [0.4, 0.5) is 4.79 Å². The van der Waals surface area contributed by atoms with Crippen molar-refractivity contribution in [1.29, 1.82) is 0 Å². The predicted octanol–water partition coefficient (Wildman–Crippen LogP) is 2.28. The number of likely N-dealkylation sites (tertiary alicyclic amines) is 1. The molecule has 7 heteroatoms. The Morgan fingerprint density at radius 3 is 2.46 bits per heavy atom. The van der Waals surface area contributed by atoms with Crippen LogP contribution in [-0.4, -0.2) is 79.8 Å². The molecule has 1 aliphatic rings. The molecule has 26 heavy (non-hydrogen) atoms. The monoisotopic (exact) mass is 369 g/mol. The standard InChI is InChI=1S/C19H39N5O2/c1-7-12-24-13-9-16(10-14-24)22-17(20-8-2)21-11-15-23(6)18(25)26-19(3,4)5/h16H,7-15H2,1-6H3,(H2,20,21,22). The van der Waals surface area contributed by atoms with E-state index in [1.807, 2.05) is 20.8 Å². The van der Waals surface area contributed by atoms with Gasteiger partial charge in [-0.2, -0.15) is 0 Å². The van der Waals surface area contributed by atoms with Crippen molar-refractivity contribution in [2.24, 2.45) is 4.99 Å². The van der Waals surface area contributed by atoms with Gasteiger partial charge in [0, 0.05) is 39.3 Å². The first-order valence-corrected chi connectivity index (χ1v) is 9.96. The van der Waals surface area contributed by atoms with Crippen molar-refractivity contribution in [2.75, 3.05) is 46.3 Å². The molecule has 1 saturated heterocycles. The van der Waals surface area contributed by atoms with E-state index in [4.69, 9.17) is 4.74 Å². The molecule has 1 fully saturated rings. The van der Waals surface area contributed by atoms with Gasteiger partial charge in [-0.25, -0.2) is 4.79 Å². The second-order valence-electron chi connectivity index (χ2n) is 7.92. The number of carbonyl (C=O) groups is 1. The van der Waals surface area contributed by atoms with Crippen LogP contribution in [0, 0.1) is 0 Å². The summed E-state index contributed by atoms with van der Waals surface area (Å²) >= 11 is 0. The van der Waals surface area contributed by atoms with Crippen molar-refractivity contribution in [3.63, 3.8) is 0 Å². The van der Waals surface area contributed by atoms with E-state index in [1.165, 1.54) is 13.0 Å². The van der Waals surface area contributed by atoms with Gasteiger partial charge < -0.3 is 25.2 Å². The molecule has 0 spiro atoms. The first-order valence-electron chi connectivity index (χ1n) is 9.96. The Kier molecular flexibility index (Phi) is 9.76. The Labute approximate surface area is 159 Å². The molecule has 7 nitrogen and oxygen atoms in total. The summed E-state index contributed by atoms with van der Waals surface area (Å²) < 4.78 is 5.36. The number of piperidine rings is 1. The van der Waals surface area contributed by atoms with Crippen LogP contribution in [0.3, 0.4) is 0 Å². The van der Waals surface area contributed by atoms with Crippen molar-refractivity contribution in [2.45, 2.75) is 65.5 Å². The zero-order chi connectivity index (χ0) is 19.6. The largest absolute Gasteiger partial charge is 0.444 e. The van der Waals surface area contributed by atoms with Crippen molar-refractivity contribution in [3.8, 4) is 0 Å². The molecule has 0 atom stereocenters. The summed E-state index contributed by atoms with van der Waals surface area (Å²) in [6, 6.07) is 0.462. The summed E-state index contributed by atoms with van der Waals surface area (Å²) in [5, 5.41) is 6.84. The zero-order valence-electron chi connectivity index (χ0n) is 17.6. The van der Waals surface area contributed by atoms with Gasteiger partial charge in [0.25, 0.3) is 0 Å². The highest BCUT2D eigenvalue weighted by Crippen LogP contribution is 2.11. The third kappa shape index (κ3) is 9.27. The van der Waals surface area contributed by atoms with Gasteiger partial charge in [-0.05, 0) is 53.5 Å². The lowest BCUT2D eigenvalue weighted by Gasteiger charge is -2.32. The van der Waals surface area contributed by atoms with Crippen LogP contribution in [0.1, 0.15) is 53.9 Å². The fraction of sp³-hybridized carbons (Fsp3) is 0.895. The summed E-state index contributed by atoms with van der Waals surface area (Å²) in [5.41, 5.74) is -0.474. The van der Waals surface area contributed by atoms with Crippen molar-refractivity contribution in [3.05, 3.63) is 0 Å². The smallest absolute Gasteiger partial charge is 0.410 e. The maximum Gasteiger partial charge on any atom is 0.410 e. The maximum atomic E-state index is 12.0. The van der Waals surface area contributed by atoms with Crippen LogP contribution in [-0.2, 0) is 4.74 Å². The summed E-state index contributed by atoms with van der Waals surface area (Å²) in [4.78, 5) is 20.7. The lowest BCUT2D eigenvalue weighted by molar-refractivity contribution is 0.0304. The van der Waals surface area contributed by atoms with Gasteiger partial charge in [-0.15, -0.1) is 0 Å². The minimum atomic E-state index is -0.474. The van der Waals surface area contributed by atoms with E-state index >= 15 is 0 Å². The SMILES string of the molecule is CCCN1CCC(NC(=NCCN(C)C(=O)OC(C)(C)C)NCC)CC1. The van der Waals surface area contributed by atoms with Gasteiger partial charge >= 0.3 is 6.09 Å². The fourth-order valence-electron chi connectivity index (χ4n) is 2.87. The Hall–Kier alpha value is -1.50. The highest BCUT2D eigenvalue weighted by atomic mass is 16.6. The van der Waals surface area contributed by atoms with Gasteiger partial charge in [0.1, 0.15) is 5.60 Å². The molecule has 0 aromatic heterocycles. The maximum absolute atomic E-state index is 12.0. The quantitative estimate of drug-likeness (QED) is 0.532. The van der Waals surface area contributed by atoms with Crippen LogP contribution < -0.4 is 10.6 Å². The molecule has 0 aliphatic carbocycles. The molecule has 0 unspecified atom stereocenters. The first kappa shape index (κ1) is 22.5. The second-order valence-corrected chi connectivity index (χ2v) is 7.92. The fourth-order valence-corrected chi connectivity index (χ4v) is 2.87. The molecule has 1 aliphatic heterocycles. The highest BCUT2D eigenvalue weighted by molar-refractivity contribution is 5.80. The average Bonchev–Trinajstić information content (AvgIpc) is 2.55. The van der Waals surface area contributed by atoms with E-state index < -0.39 is 5.60 Å². The van der Waals surface area contributed by atoms with Crippen LogP contribution in [0.15, 0.2) is 4.99 Å². The van der Waals surface area contributed by atoms with Crippen molar-refractivity contribution < 1.29 is 9.53 Å². The topological polar surface area (TPSA) is 69.2 Å². The molecular weight excluding hydrogens is 330 g/mol. The molecule has 0 bridgehead atoms. The third-order valence-electron chi connectivity index (χ3n) is 4.22. The zero-order valence-corrected chi connectivity index (χ0v) is 17.6.